The molecule has 1 aliphatic heterocycles. The van der Waals surface area contributed by atoms with Crippen LogP contribution < -0.4 is 19.7 Å². The highest BCUT2D eigenvalue weighted by atomic mass is 16.6. The lowest BCUT2D eigenvalue weighted by Gasteiger charge is -2.35. The van der Waals surface area contributed by atoms with E-state index in [-0.39, 0.29) is 18.6 Å². The van der Waals surface area contributed by atoms with Gasteiger partial charge in [-0.1, -0.05) is 31.4 Å². The molecular weight excluding hydrogens is 512 g/mol. The summed E-state index contributed by atoms with van der Waals surface area (Å²) in [5.74, 6) is 0.649. The third-order valence-electron chi connectivity index (χ3n) is 7.35. The van der Waals surface area contributed by atoms with Crippen LogP contribution in [0.4, 0.5) is 5.69 Å². The molecule has 2 aromatic heterocycles. The number of nitrogens with one attached hydrogen (secondary N) is 1. The Morgan fingerprint density at radius 1 is 1.05 bits per heavy atom. The minimum absolute atomic E-state index is 0.00313. The second-order valence-corrected chi connectivity index (χ2v) is 10.1. The Hall–Kier alpha value is -4.67. The zero-order valence-corrected chi connectivity index (χ0v) is 22.1. The number of rotatable bonds is 7. The van der Waals surface area contributed by atoms with Crippen molar-refractivity contribution in [2.24, 2.45) is 0 Å². The predicted octanol–water partition coefficient (Wildman–Crippen LogP) is 3.93. The van der Waals surface area contributed by atoms with Gasteiger partial charge in [0.25, 0.3) is 11.8 Å². The molecule has 3 heterocycles. The van der Waals surface area contributed by atoms with Gasteiger partial charge in [0.1, 0.15) is 18.7 Å². The van der Waals surface area contributed by atoms with Crippen LogP contribution in [0.3, 0.4) is 0 Å². The summed E-state index contributed by atoms with van der Waals surface area (Å²) in [5, 5.41) is 14.6. The van der Waals surface area contributed by atoms with Crippen LogP contribution in [0.15, 0.2) is 71.6 Å². The molecule has 1 saturated carbocycles. The summed E-state index contributed by atoms with van der Waals surface area (Å²) in [5.41, 5.74) is 2.05. The summed E-state index contributed by atoms with van der Waals surface area (Å²) in [7, 11) is 0. The van der Waals surface area contributed by atoms with Crippen molar-refractivity contribution in [3.05, 3.63) is 78.5 Å². The Kier molecular flexibility index (Phi) is 7.17. The zero-order valence-electron chi connectivity index (χ0n) is 22.1. The normalized spacial score (nSPS) is 17.7. The molecule has 6 rings (SSSR count). The van der Waals surface area contributed by atoms with Crippen LogP contribution in [-0.2, 0) is 9.59 Å². The average molecular weight is 543 g/mol. The number of anilines is 1. The standard InChI is InChI=1S/C29H30N6O5/c1-19-16-21(13-14-22(19)34-18-30-32-33-34)35(29(37)26-17-39-23-10-5-6-11-24(23)40-26)27(25-12-7-15-38-25)28(36)31-20-8-3-2-4-9-20/h5-7,10-16,18,20,26-27H,2-4,8-9,17H2,1H3,(H,31,36)/t26-,27-/m0/s1. The number of aryl methyl sites for hydroxylation is 1. The van der Waals surface area contributed by atoms with Gasteiger partial charge in [0, 0.05) is 11.7 Å². The van der Waals surface area contributed by atoms with Gasteiger partial charge < -0.3 is 19.2 Å². The molecule has 0 unspecified atom stereocenters. The highest BCUT2D eigenvalue weighted by Gasteiger charge is 2.41. The SMILES string of the molecule is Cc1cc(N(C(=O)[C@@H]2COc3ccccc3O2)[C@H](C(=O)NC2CCCCC2)c2ccco2)ccc1-n1cnnn1. The lowest BCUT2D eigenvalue weighted by molar-refractivity contribution is -0.132. The lowest BCUT2D eigenvalue weighted by atomic mass is 9.95. The fraction of sp³-hybridized carbons (Fsp3) is 0.345. The summed E-state index contributed by atoms with van der Waals surface area (Å²) in [6, 6.07) is 15.0. The van der Waals surface area contributed by atoms with Crippen LogP contribution in [0.5, 0.6) is 11.5 Å². The number of fused-ring (bicyclic) bond motifs is 1. The van der Waals surface area contributed by atoms with Crippen molar-refractivity contribution in [2.75, 3.05) is 11.5 Å². The molecule has 0 spiro atoms. The molecule has 1 fully saturated rings. The number of carbonyl (C=O) groups excluding carboxylic acids is 2. The molecular formula is C29H30N6O5. The van der Waals surface area contributed by atoms with Crippen LogP contribution >= 0.6 is 0 Å². The maximum atomic E-state index is 14.3. The first-order valence-electron chi connectivity index (χ1n) is 13.5. The molecule has 0 radical (unpaired) electrons. The van der Waals surface area contributed by atoms with E-state index in [9.17, 15) is 9.59 Å². The number of carbonyl (C=O) groups is 2. The van der Waals surface area contributed by atoms with Crippen molar-refractivity contribution in [3.8, 4) is 17.2 Å². The van der Waals surface area contributed by atoms with Gasteiger partial charge in [-0.2, -0.15) is 0 Å². The fourth-order valence-electron chi connectivity index (χ4n) is 5.37. The second kappa shape index (κ2) is 11.2. The van der Waals surface area contributed by atoms with Gasteiger partial charge >= 0.3 is 0 Å². The number of benzene rings is 2. The number of para-hydroxylation sites is 2. The molecule has 2 amide bonds. The van der Waals surface area contributed by atoms with E-state index < -0.39 is 18.1 Å². The Morgan fingerprint density at radius 2 is 1.88 bits per heavy atom. The first-order valence-corrected chi connectivity index (χ1v) is 13.5. The predicted molar refractivity (Wildman–Crippen MR) is 144 cm³/mol. The van der Waals surface area contributed by atoms with Gasteiger partial charge in [0.15, 0.2) is 17.5 Å². The monoisotopic (exact) mass is 542 g/mol. The fourth-order valence-corrected chi connectivity index (χ4v) is 5.37. The number of furan rings is 1. The molecule has 1 aliphatic carbocycles. The lowest BCUT2D eigenvalue weighted by Crippen LogP contribution is -2.52. The highest BCUT2D eigenvalue weighted by molar-refractivity contribution is 6.03. The number of tetrazole rings is 1. The molecule has 2 aromatic carbocycles. The number of hydrogen-bond acceptors (Lipinski definition) is 8. The van der Waals surface area contributed by atoms with Gasteiger partial charge in [-0.25, -0.2) is 4.68 Å². The van der Waals surface area contributed by atoms with Crippen LogP contribution in [0.1, 0.15) is 49.5 Å². The third-order valence-corrected chi connectivity index (χ3v) is 7.35. The van der Waals surface area contributed by atoms with Crippen molar-refractivity contribution in [1.29, 1.82) is 0 Å². The van der Waals surface area contributed by atoms with Crippen LogP contribution in [-0.4, -0.2) is 50.8 Å². The third kappa shape index (κ3) is 5.14. The number of hydrogen-bond donors (Lipinski definition) is 1. The Labute approximate surface area is 231 Å². The Balaban J connectivity index is 1.40. The Morgan fingerprint density at radius 3 is 2.60 bits per heavy atom. The molecule has 11 heteroatoms. The van der Waals surface area contributed by atoms with E-state index in [2.05, 4.69) is 20.8 Å². The molecule has 40 heavy (non-hydrogen) atoms. The summed E-state index contributed by atoms with van der Waals surface area (Å²) in [6.45, 7) is 1.90. The van der Waals surface area contributed by atoms with Crippen LogP contribution in [0, 0.1) is 6.92 Å². The minimum Gasteiger partial charge on any atom is -0.485 e. The summed E-state index contributed by atoms with van der Waals surface area (Å²) < 4.78 is 19.3. The Bertz CT molecular complexity index is 1470. The smallest absolute Gasteiger partial charge is 0.272 e. The maximum absolute atomic E-state index is 14.3. The molecule has 0 saturated heterocycles. The zero-order chi connectivity index (χ0) is 27.5. The van der Waals surface area contributed by atoms with Crippen molar-refractivity contribution in [1.82, 2.24) is 25.5 Å². The molecule has 11 nitrogen and oxygen atoms in total. The molecule has 206 valence electrons. The maximum Gasteiger partial charge on any atom is 0.272 e. The van der Waals surface area contributed by atoms with E-state index in [1.807, 2.05) is 31.2 Å². The topological polar surface area (TPSA) is 125 Å². The number of aromatic nitrogens is 4. The molecule has 2 aliphatic rings. The summed E-state index contributed by atoms with van der Waals surface area (Å²) >= 11 is 0. The van der Waals surface area contributed by atoms with Crippen LogP contribution in [0.2, 0.25) is 0 Å². The minimum atomic E-state index is -1.07. The van der Waals surface area contributed by atoms with Crippen molar-refractivity contribution in [3.63, 3.8) is 0 Å². The molecule has 4 aromatic rings. The van der Waals surface area contributed by atoms with Gasteiger partial charge in [0.05, 0.1) is 12.0 Å². The number of amides is 2. The first-order chi connectivity index (χ1) is 19.6. The van der Waals surface area contributed by atoms with E-state index in [0.29, 0.717) is 22.9 Å². The molecule has 1 N–H and O–H groups in total. The van der Waals surface area contributed by atoms with Crippen LogP contribution in [0.25, 0.3) is 5.69 Å². The average Bonchev–Trinajstić information content (AvgIpc) is 3.71. The number of nitrogens with zero attached hydrogens (tertiary/aromatic N) is 5. The largest absolute Gasteiger partial charge is 0.485 e. The van der Waals surface area contributed by atoms with Crippen molar-refractivity contribution in [2.45, 2.75) is 57.2 Å². The quantitative estimate of drug-likeness (QED) is 0.373. The molecule has 2 atom stereocenters. The van der Waals surface area contributed by atoms with E-state index >= 15 is 0 Å². The highest BCUT2D eigenvalue weighted by Crippen LogP contribution is 2.35. The van der Waals surface area contributed by atoms with Gasteiger partial charge in [-0.05, 0) is 78.2 Å². The van der Waals surface area contributed by atoms with E-state index in [1.54, 1.807) is 35.0 Å². The summed E-state index contributed by atoms with van der Waals surface area (Å²) in [4.78, 5) is 29.8. The second-order valence-electron chi connectivity index (χ2n) is 10.1. The van der Waals surface area contributed by atoms with E-state index in [1.165, 1.54) is 17.5 Å². The first kappa shape index (κ1) is 25.6. The molecule has 0 bridgehead atoms. The summed E-state index contributed by atoms with van der Waals surface area (Å²) in [6.07, 6.45) is 7.11. The van der Waals surface area contributed by atoms with E-state index in [0.717, 1.165) is 43.4 Å². The van der Waals surface area contributed by atoms with E-state index in [4.69, 9.17) is 13.9 Å². The van der Waals surface area contributed by atoms with Crippen molar-refractivity contribution < 1.29 is 23.5 Å². The van der Waals surface area contributed by atoms with Gasteiger partial charge in [-0.3, -0.25) is 14.5 Å². The van der Waals surface area contributed by atoms with Gasteiger partial charge in [-0.15, -0.1) is 5.10 Å². The number of ether oxygens (including phenoxy) is 2. The van der Waals surface area contributed by atoms with Gasteiger partial charge in [0.2, 0.25) is 6.10 Å². The van der Waals surface area contributed by atoms with Crippen molar-refractivity contribution >= 4 is 17.5 Å².